The third kappa shape index (κ3) is 6.45. The quantitative estimate of drug-likeness (QED) is 0.187. The van der Waals surface area contributed by atoms with Gasteiger partial charge in [-0.15, -0.1) is 5.73 Å². The average Bonchev–Trinajstić information content (AvgIpc) is 2.75. The van der Waals surface area contributed by atoms with Crippen molar-refractivity contribution in [3.8, 4) is 0 Å². The van der Waals surface area contributed by atoms with Gasteiger partial charge in [0.05, 0.1) is 25.6 Å². The lowest BCUT2D eigenvalue weighted by Gasteiger charge is -2.41. The van der Waals surface area contributed by atoms with Crippen molar-refractivity contribution in [1.29, 1.82) is 0 Å². The predicted octanol–water partition coefficient (Wildman–Crippen LogP) is 9.40. The van der Waals surface area contributed by atoms with E-state index in [-0.39, 0.29) is 0 Å². The van der Waals surface area contributed by atoms with Crippen molar-refractivity contribution in [3.05, 3.63) is 28.4 Å². The first-order chi connectivity index (χ1) is 13.7. The summed E-state index contributed by atoms with van der Waals surface area (Å²) in [5, 5.41) is 0. The van der Waals surface area contributed by atoms with Crippen molar-refractivity contribution in [2.45, 2.75) is 124 Å². The molecular weight excluding hydrogens is 385 g/mol. The second-order valence-corrected chi connectivity index (χ2v) is 24.7. The Kier molecular flexibility index (Phi) is 12.3. The Bertz CT molecular complexity index is 514. The zero-order chi connectivity index (χ0) is 22.7. The molecule has 0 heterocycles. The van der Waals surface area contributed by atoms with E-state index in [1.165, 1.54) is 54.4 Å². The van der Waals surface area contributed by atoms with Gasteiger partial charge in [0.25, 0.3) is 0 Å². The minimum Gasteiger partial charge on any atom is -0.134 e. The van der Waals surface area contributed by atoms with E-state index >= 15 is 0 Å². The largest absolute Gasteiger partial charge is 0.134 e. The van der Waals surface area contributed by atoms with Crippen LogP contribution in [0.3, 0.4) is 0 Å². The zero-order valence-electron chi connectivity index (χ0n) is 22.1. The first-order valence-electron chi connectivity index (χ1n) is 12.9. The summed E-state index contributed by atoms with van der Waals surface area (Å²) in [7, 11) is -4.43. The van der Waals surface area contributed by atoms with Crippen LogP contribution in [0.4, 0.5) is 0 Å². The molecule has 0 N–H and O–H groups in total. The van der Waals surface area contributed by atoms with Crippen LogP contribution in [0.15, 0.2) is 28.4 Å². The molecule has 164 valence electrons. The van der Waals surface area contributed by atoms with E-state index in [0.29, 0.717) is 5.92 Å². The molecule has 0 aliphatic carbocycles. The second-order valence-electron chi connectivity index (χ2n) is 8.88. The van der Waals surface area contributed by atoms with Crippen LogP contribution in [0.5, 0.6) is 0 Å². The summed E-state index contributed by atoms with van der Waals surface area (Å²) in [5.74, 6) is 0.323. The maximum atomic E-state index is 8.84. The highest BCUT2D eigenvalue weighted by atomic mass is 28.4. The van der Waals surface area contributed by atoms with Gasteiger partial charge in [-0.05, 0) is 12.0 Å². The van der Waals surface area contributed by atoms with Gasteiger partial charge in [0.1, 0.15) is 0 Å². The van der Waals surface area contributed by atoms with Gasteiger partial charge in [0.15, 0.2) is 0 Å². The third-order valence-electron chi connectivity index (χ3n) is 8.29. The Morgan fingerprint density at radius 3 is 1.36 bits per heavy atom. The number of rotatable bonds is 14. The lowest BCUT2D eigenvalue weighted by atomic mass is 10.2. The maximum Gasteiger partial charge on any atom is 0.0856 e. The summed E-state index contributed by atoms with van der Waals surface area (Å²) < 4.78 is 8.84. The van der Waals surface area contributed by atoms with Crippen LogP contribution in [-0.4, -0.2) is 24.2 Å². The molecule has 0 saturated heterocycles. The molecule has 0 aliphatic heterocycles. The second kappa shape index (κ2) is 13.3. The van der Waals surface area contributed by atoms with Crippen molar-refractivity contribution in [3.63, 3.8) is 0 Å². The van der Waals surface area contributed by atoms with Crippen LogP contribution in [-0.2, 0) is 0 Å². The van der Waals surface area contributed by atoms with Crippen molar-refractivity contribution in [1.82, 2.24) is 0 Å². The van der Waals surface area contributed by atoms with Crippen LogP contribution in [0, 0.1) is 5.92 Å². The van der Waals surface area contributed by atoms with Gasteiger partial charge in [0, 0.05) is 0 Å². The first kappa shape index (κ1) is 25.9. The van der Waals surface area contributed by atoms with Gasteiger partial charge in [-0.2, -0.15) is 0 Å². The van der Waals surface area contributed by atoms with E-state index in [0.717, 1.165) is 5.68 Å². The molecule has 0 aromatic rings. The fourth-order valence-electron chi connectivity index (χ4n) is 5.06. The molecule has 0 saturated carbocycles. The van der Waals surface area contributed by atoms with Gasteiger partial charge in [-0.25, -0.2) is 0 Å². The maximum absolute atomic E-state index is 8.84. The summed E-state index contributed by atoms with van der Waals surface area (Å²) >= 11 is 0. The Balaban J connectivity index is 6.47. The van der Waals surface area contributed by atoms with E-state index < -0.39 is 24.2 Å². The molecular formula is C25H52Si3. The average molecular weight is 438 g/mol. The Labute approximate surface area is 183 Å². The smallest absolute Gasteiger partial charge is 0.0856 e. The summed E-state index contributed by atoms with van der Waals surface area (Å²) in [6.45, 7) is 23.8. The van der Waals surface area contributed by atoms with Crippen LogP contribution in [0.2, 0.25) is 54.4 Å². The summed E-state index contributed by atoms with van der Waals surface area (Å²) in [6.07, 6.45) is 4.63. The summed E-state index contributed by atoms with van der Waals surface area (Å²) in [5.41, 5.74) is 5.00. The van der Waals surface area contributed by atoms with Crippen LogP contribution < -0.4 is 0 Å². The van der Waals surface area contributed by atoms with Gasteiger partial charge < -0.3 is 0 Å². The van der Waals surface area contributed by atoms with Crippen LogP contribution in [0.1, 0.15) is 70.6 Å². The monoisotopic (exact) mass is 437 g/mol. The fraction of sp³-hybridized carbons (Fsp3) is 0.800. The number of allylic oxidation sites excluding steroid dienone is 2. The van der Waals surface area contributed by atoms with E-state index in [9.17, 15) is 0 Å². The van der Waals surface area contributed by atoms with E-state index in [1.807, 2.05) is 4.82 Å². The highest BCUT2D eigenvalue weighted by molar-refractivity contribution is 7.07. The molecule has 0 radical (unpaired) electrons. The number of hydrogen-bond acceptors (Lipinski definition) is 0. The van der Waals surface area contributed by atoms with Gasteiger partial charge in [-0.3, -0.25) is 0 Å². The minimum absolute atomic E-state index is 0.323. The minimum atomic E-state index is -1.56. The Hall–Kier alpha value is -0.0894. The summed E-state index contributed by atoms with van der Waals surface area (Å²) in [6, 6.07) is 11.7. The topological polar surface area (TPSA) is 0 Å². The van der Waals surface area contributed by atoms with Crippen molar-refractivity contribution >= 4 is 24.2 Å². The van der Waals surface area contributed by atoms with Crippen molar-refractivity contribution in [2.75, 3.05) is 0 Å². The van der Waals surface area contributed by atoms with E-state index in [1.54, 1.807) is 0 Å². The Morgan fingerprint density at radius 2 is 1.07 bits per heavy atom. The van der Waals surface area contributed by atoms with Crippen molar-refractivity contribution in [2.24, 2.45) is 5.92 Å². The van der Waals surface area contributed by atoms with E-state index in [4.69, 9.17) is 1.37 Å². The lowest BCUT2D eigenvalue weighted by molar-refractivity contribution is 0.941. The zero-order valence-corrected chi connectivity index (χ0v) is 24.1. The highest BCUT2D eigenvalue weighted by Gasteiger charge is 2.43. The fourth-order valence-corrected chi connectivity index (χ4v) is 21.4. The summed E-state index contributed by atoms with van der Waals surface area (Å²) in [4.78, 5) is 1.83. The lowest BCUT2D eigenvalue weighted by Crippen LogP contribution is -2.49. The van der Waals surface area contributed by atoms with Crippen LogP contribution in [0.25, 0.3) is 0 Å². The number of hydrogen-bond donors (Lipinski definition) is 0. The third-order valence-corrected chi connectivity index (χ3v) is 26.8. The predicted molar refractivity (Wildman–Crippen MR) is 141 cm³/mol. The molecule has 0 spiro atoms. The molecule has 0 aromatic heterocycles. The van der Waals surface area contributed by atoms with Crippen LogP contribution >= 0.6 is 0 Å². The standard InChI is InChI=1S/C25H52Si3/c1-11-26(12-2,13-3)23-22-24(10)20-21-25(27(14-4,15-5)16-6)28(17-7,18-8)19-9/h20,22-24H,11-19H2,1-10H3/b23-22+/i23D. The molecule has 0 aromatic carbocycles. The molecule has 1 atom stereocenters. The first-order valence-corrected chi connectivity index (χ1v) is 20.2. The molecule has 3 heteroatoms. The molecule has 1 unspecified atom stereocenters. The molecule has 0 aliphatic rings. The van der Waals surface area contributed by atoms with Crippen molar-refractivity contribution < 1.29 is 1.37 Å². The molecule has 0 rings (SSSR count). The van der Waals surface area contributed by atoms with Gasteiger partial charge in [-0.1, -0.05) is 140 Å². The van der Waals surface area contributed by atoms with Gasteiger partial charge >= 0.3 is 0 Å². The molecule has 0 nitrogen and oxygen atoms in total. The Morgan fingerprint density at radius 1 is 0.714 bits per heavy atom. The highest BCUT2D eigenvalue weighted by Crippen LogP contribution is 2.39. The van der Waals surface area contributed by atoms with E-state index in [2.05, 4.69) is 87.1 Å². The SMILES string of the molecule is [2H]/C(=C\C(C)C=C=C([Si](CC)(CC)CC)[Si](CC)(CC)CC)[Si](CC)(CC)CC. The normalized spacial score (nSPS) is 15.1. The molecule has 0 amide bonds. The molecule has 0 bridgehead atoms. The van der Waals surface area contributed by atoms with Gasteiger partial charge in [0.2, 0.25) is 0 Å². The molecule has 0 fully saturated rings. The molecule has 28 heavy (non-hydrogen) atoms.